The third-order valence-corrected chi connectivity index (χ3v) is 7.18. The molecule has 7 heteroatoms. The molecule has 5 aromatic rings. The highest BCUT2D eigenvalue weighted by Crippen LogP contribution is 2.45. The van der Waals surface area contributed by atoms with E-state index in [9.17, 15) is 14.4 Å². The van der Waals surface area contributed by atoms with Crippen molar-refractivity contribution < 1.29 is 19.1 Å². The standard InChI is InChI=1S/C29H23BrN2O4/c1-5-31-20-13-11-16(30)14-19(20)22-24-23(26(33)32(27(24)34)28(35)36-29(2,3)4)21-17-9-7-6-8-15(17)10-12-18(21)25(22)31/h6-14H,5H2,1-4H3. The van der Waals surface area contributed by atoms with E-state index in [1.807, 2.05) is 54.6 Å². The minimum atomic E-state index is -0.962. The Balaban J connectivity index is 1.84. The molecule has 36 heavy (non-hydrogen) atoms. The Hall–Kier alpha value is -3.71. The Morgan fingerprint density at radius 1 is 0.889 bits per heavy atom. The van der Waals surface area contributed by atoms with E-state index in [-0.39, 0.29) is 11.1 Å². The lowest BCUT2D eigenvalue weighted by atomic mass is 9.91. The number of aryl methyl sites for hydroxylation is 1. The Kier molecular flexibility index (Phi) is 4.83. The van der Waals surface area contributed by atoms with Crippen LogP contribution < -0.4 is 0 Å². The van der Waals surface area contributed by atoms with Gasteiger partial charge in [0.2, 0.25) is 0 Å². The molecule has 2 heterocycles. The zero-order valence-corrected chi connectivity index (χ0v) is 21.9. The maximum Gasteiger partial charge on any atom is 0.424 e. The van der Waals surface area contributed by atoms with Crippen LogP contribution in [0.1, 0.15) is 48.4 Å². The van der Waals surface area contributed by atoms with Crippen molar-refractivity contribution in [3.63, 3.8) is 0 Å². The number of benzene rings is 4. The molecule has 0 unspecified atom stereocenters. The average Bonchev–Trinajstić information content (AvgIpc) is 3.28. The number of carbonyl (C=O) groups excluding carboxylic acids is 3. The highest BCUT2D eigenvalue weighted by Gasteiger charge is 2.45. The highest BCUT2D eigenvalue weighted by molar-refractivity contribution is 9.10. The van der Waals surface area contributed by atoms with Crippen molar-refractivity contribution in [2.24, 2.45) is 0 Å². The van der Waals surface area contributed by atoms with Gasteiger partial charge in [-0.25, -0.2) is 4.79 Å². The summed E-state index contributed by atoms with van der Waals surface area (Å²) in [6.45, 7) is 7.84. The van der Waals surface area contributed by atoms with E-state index in [0.717, 1.165) is 37.1 Å². The van der Waals surface area contributed by atoms with Crippen LogP contribution >= 0.6 is 15.9 Å². The van der Waals surface area contributed by atoms with Crippen molar-refractivity contribution in [3.05, 3.63) is 70.2 Å². The molecule has 180 valence electrons. The molecule has 6 nitrogen and oxygen atoms in total. The number of halogens is 1. The van der Waals surface area contributed by atoms with E-state index < -0.39 is 23.5 Å². The fourth-order valence-corrected chi connectivity index (χ4v) is 5.75. The molecule has 0 saturated heterocycles. The van der Waals surface area contributed by atoms with E-state index in [1.165, 1.54) is 0 Å². The second-order valence-electron chi connectivity index (χ2n) is 10.0. The summed E-state index contributed by atoms with van der Waals surface area (Å²) in [6.07, 6.45) is -0.962. The summed E-state index contributed by atoms with van der Waals surface area (Å²) < 4.78 is 8.50. The number of fused-ring (bicyclic) bond motifs is 10. The molecule has 0 N–H and O–H groups in total. The molecular formula is C29H23BrN2O4. The highest BCUT2D eigenvalue weighted by atomic mass is 79.9. The minimum Gasteiger partial charge on any atom is -0.443 e. The fourth-order valence-electron chi connectivity index (χ4n) is 5.39. The first kappa shape index (κ1) is 22.7. The summed E-state index contributed by atoms with van der Waals surface area (Å²) in [5.41, 5.74) is 1.46. The van der Waals surface area contributed by atoms with Gasteiger partial charge in [-0.2, -0.15) is 4.90 Å². The smallest absolute Gasteiger partial charge is 0.424 e. The summed E-state index contributed by atoms with van der Waals surface area (Å²) in [7, 11) is 0. The van der Waals surface area contributed by atoms with E-state index in [0.29, 0.717) is 22.2 Å². The van der Waals surface area contributed by atoms with E-state index in [4.69, 9.17) is 4.74 Å². The zero-order chi connectivity index (χ0) is 25.5. The maximum absolute atomic E-state index is 13.9. The van der Waals surface area contributed by atoms with E-state index in [2.05, 4.69) is 27.4 Å². The molecule has 0 radical (unpaired) electrons. The number of hydrogen-bond donors (Lipinski definition) is 0. The number of ether oxygens (including phenoxy) is 1. The van der Waals surface area contributed by atoms with Crippen LogP contribution in [0.4, 0.5) is 4.79 Å². The second kappa shape index (κ2) is 7.64. The Morgan fingerprint density at radius 2 is 1.58 bits per heavy atom. The van der Waals surface area contributed by atoms with Crippen molar-refractivity contribution in [3.8, 4) is 0 Å². The minimum absolute atomic E-state index is 0.250. The molecular weight excluding hydrogens is 520 g/mol. The van der Waals surface area contributed by atoms with Crippen LogP contribution in [-0.4, -0.2) is 33.0 Å². The molecule has 0 bridgehead atoms. The van der Waals surface area contributed by atoms with Gasteiger partial charge in [0.1, 0.15) is 5.60 Å². The number of amides is 3. The van der Waals surface area contributed by atoms with Gasteiger partial charge in [-0.3, -0.25) is 9.59 Å². The van der Waals surface area contributed by atoms with Gasteiger partial charge in [-0.15, -0.1) is 0 Å². The maximum atomic E-state index is 13.9. The summed E-state index contributed by atoms with van der Waals surface area (Å²) in [6, 6.07) is 17.8. The third kappa shape index (κ3) is 3.05. The third-order valence-electron chi connectivity index (χ3n) is 6.69. The van der Waals surface area contributed by atoms with Crippen LogP contribution in [0.25, 0.3) is 43.4 Å². The summed E-state index contributed by atoms with van der Waals surface area (Å²) >= 11 is 3.56. The molecule has 0 saturated carbocycles. The summed E-state index contributed by atoms with van der Waals surface area (Å²) in [5, 5.41) is 4.87. The van der Waals surface area contributed by atoms with Crippen molar-refractivity contribution in [1.82, 2.24) is 9.47 Å². The van der Waals surface area contributed by atoms with Gasteiger partial charge in [0.25, 0.3) is 11.8 Å². The normalized spacial score (nSPS) is 14.0. The molecule has 4 aromatic carbocycles. The first-order valence-corrected chi connectivity index (χ1v) is 12.6. The van der Waals surface area contributed by atoms with Crippen molar-refractivity contribution in [1.29, 1.82) is 0 Å². The van der Waals surface area contributed by atoms with Gasteiger partial charge in [0.15, 0.2) is 0 Å². The quantitative estimate of drug-likeness (QED) is 0.163. The van der Waals surface area contributed by atoms with Gasteiger partial charge in [-0.1, -0.05) is 52.3 Å². The lowest BCUT2D eigenvalue weighted by Gasteiger charge is -2.22. The van der Waals surface area contributed by atoms with Gasteiger partial charge >= 0.3 is 6.09 Å². The van der Waals surface area contributed by atoms with Crippen LogP contribution in [-0.2, 0) is 11.3 Å². The summed E-state index contributed by atoms with van der Waals surface area (Å²) in [5.74, 6) is -1.31. The van der Waals surface area contributed by atoms with E-state index >= 15 is 0 Å². The van der Waals surface area contributed by atoms with Crippen LogP contribution in [0.5, 0.6) is 0 Å². The summed E-state index contributed by atoms with van der Waals surface area (Å²) in [4.78, 5) is 41.6. The van der Waals surface area contributed by atoms with Crippen molar-refractivity contribution in [2.45, 2.75) is 39.8 Å². The Morgan fingerprint density at radius 3 is 2.28 bits per heavy atom. The van der Waals surface area contributed by atoms with Crippen molar-refractivity contribution >= 4 is 77.2 Å². The number of hydrogen-bond acceptors (Lipinski definition) is 4. The molecule has 0 spiro atoms. The van der Waals surface area contributed by atoms with Crippen LogP contribution in [0.3, 0.4) is 0 Å². The lowest BCUT2D eigenvalue weighted by molar-refractivity contribution is 0.0256. The molecule has 1 aliphatic heterocycles. The monoisotopic (exact) mass is 542 g/mol. The topological polar surface area (TPSA) is 68.6 Å². The number of rotatable bonds is 1. The van der Waals surface area contributed by atoms with Gasteiger partial charge < -0.3 is 9.30 Å². The molecule has 3 amide bonds. The van der Waals surface area contributed by atoms with Crippen molar-refractivity contribution in [2.75, 3.05) is 0 Å². The number of carbonyl (C=O) groups is 3. The SMILES string of the molecule is CCn1c2ccc(Br)cc2c2c3c(c4c5ccccc5ccc4c21)C(=O)N(C(=O)OC(C)(C)C)C3=O. The number of nitrogens with zero attached hydrogens (tertiary/aromatic N) is 2. The predicted molar refractivity (Wildman–Crippen MR) is 145 cm³/mol. The molecule has 6 rings (SSSR count). The van der Waals surface area contributed by atoms with Crippen LogP contribution in [0.15, 0.2) is 59.1 Å². The first-order valence-electron chi connectivity index (χ1n) is 11.8. The van der Waals surface area contributed by atoms with Gasteiger partial charge in [0.05, 0.1) is 16.6 Å². The van der Waals surface area contributed by atoms with Gasteiger partial charge in [-0.05, 0) is 56.7 Å². The molecule has 1 aliphatic rings. The number of aromatic nitrogens is 1. The molecule has 0 aliphatic carbocycles. The van der Waals surface area contributed by atoms with Crippen LogP contribution in [0, 0.1) is 0 Å². The molecule has 1 aromatic heterocycles. The Labute approximate surface area is 215 Å². The zero-order valence-electron chi connectivity index (χ0n) is 20.3. The average molecular weight is 543 g/mol. The fraction of sp³-hybridized carbons (Fsp3) is 0.207. The Bertz CT molecular complexity index is 1810. The largest absolute Gasteiger partial charge is 0.443 e. The number of imide groups is 3. The second-order valence-corrected chi connectivity index (χ2v) is 10.9. The van der Waals surface area contributed by atoms with E-state index in [1.54, 1.807) is 20.8 Å². The molecule has 0 atom stereocenters. The van der Waals surface area contributed by atoms with Crippen LogP contribution in [0.2, 0.25) is 0 Å². The first-order chi connectivity index (χ1) is 17.1. The lowest BCUT2D eigenvalue weighted by Crippen LogP contribution is -2.40. The van der Waals surface area contributed by atoms with Gasteiger partial charge in [0, 0.05) is 38.1 Å². The molecule has 0 fully saturated rings. The predicted octanol–water partition coefficient (Wildman–Crippen LogP) is 7.41.